The fraction of sp³-hybridized carbons (Fsp3) is 0.0625. The Labute approximate surface area is 115 Å². The second-order valence-corrected chi connectivity index (χ2v) is 4.00. The summed E-state index contributed by atoms with van der Waals surface area (Å²) in [4.78, 5) is 11.7. The van der Waals surface area contributed by atoms with Crippen molar-refractivity contribution in [3.63, 3.8) is 0 Å². The van der Waals surface area contributed by atoms with Crippen LogP contribution in [0, 0.1) is 23.5 Å². The molecule has 0 saturated heterocycles. The van der Waals surface area contributed by atoms with Gasteiger partial charge in [-0.25, -0.2) is 8.78 Å². The first-order valence-corrected chi connectivity index (χ1v) is 5.93. The van der Waals surface area contributed by atoms with Crippen molar-refractivity contribution in [2.45, 2.75) is 0 Å². The van der Waals surface area contributed by atoms with Crippen LogP contribution in [0.25, 0.3) is 0 Å². The average molecular weight is 271 g/mol. The van der Waals surface area contributed by atoms with E-state index in [1.54, 1.807) is 12.1 Å². The molecule has 0 aliphatic rings. The monoisotopic (exact) mass is 271 g/mol. The molecule has 0 aromatic heterocycles. The number of rotatable bonds is 2. The molecular formula is C16H11F2NO. The number of carbonyl (C=O) groups is 1. The highest BCUT2D eigenvalue weighted by Crippen LogP contribution is 2.02. The summed E-state index contributed by atoms with van der Waals surface area (Å²) in [6, 6.07) is 11.0. The third kappa shape index (κ3) is 3.92. The summed E-state index contributed by atoms with van der Waals surface area (Å²) in [5.74, 6) is 4.52. The van der Waals surface area contributed by atoms with Crippen molar-refractivity contribution in [1.82, 2.24) is 5.32 Å². The van der Waals surface area contributed by atoms with Crippen LogP contribution in [-0.4, -0.2) is 12.5 Å². The molecule has 1 amide bonds. The molecule has 2 aromatic rings. The Morgan fingerprint density at radius 3 is 2.10 bits per heavy atom. The Hall–Kier alpha value is -2.67. The Balaban J connectivity index is 1.88. The normalized spacial score (nSPS) is 9.50. The molecule has 4 heteroatoms. The van der Waals surface area contributed by atoms with Gasteiger partial charge in [-0.2, -0.15) is 0 Å². The highest BCUT2D eigenvalue weighted by molar-refractivity contribution is 5.94. The first-order valence-electron chi connectivity index (χ1n) is 5.93. The van der Waals surface area contributed by atoms with Gasteiger partial charge in [0.15, 0.2) is 0 Å². The summed E-state index contributed by atoms with van der Waals surface area (Å²) < 4.78 is 25.4. The molecule has 2 aromatic carbocycles. The zero-order chi connectivity index (χ0) is 14.4. The van der Waals surface area contributed by atoms with E-state index in [1.165, 1.54) is 36.4 Å². The Morgan fingerprint density at radius 2 is 1.50 bits per heavy atom. The molecule has 0 fully saturated rings. The van der Waals surface area contributed by atoms with Crippen LogP contribution in [0.15, 0.2) is 48.5 Å². The Bertz CT molecular complexity index is 652. The molecule has 0 heterocycles. The Kier molecular flexibility index (Phi) is 4.46. The van der Waals surface area contributed by atoms with E-state index >= 15 is 0 Å². The van der Waals surface area contributed by atoms with Crippen molar-refractivity contribution < 1.29 is 13.6 Å². The third-order valence-corrected chi connectivity index (χ3v) is 2.52. The van der Waals surface area contributed by atoms with E-state index in [4.69, 9.17) is 0 Å². The van der Waals surface area contributed by atoms with Gasteiger partial charge in [0.1, 0.15) is 11.6 Å². The minimum atomic E-state index is -0.391. The zero-order valence-electron chi connectivity index (χ0n) is 10.5. The van der Waals surface area contributed by atoms with Gasteiger partial charge in [-0.05, 0) is 48.5 Å². The largest absolute Gasteiger partial charge is 0.341 e. The van der Waals surface area contributed by atoms with Gasteiger partial charge < -0.3 is 5.32 Å². The summed E-state index contributed by atoms with van der Waals surface area (Å²) in [6.45, 7) is 0.160. The van der Waals surface area contributed by atoms with Crippen molar-refractivity contribution in [3.8, 4) is 11.8 Å². The number of halogens is 2. The van der Waals surface area contributed by atoms with Crippen LogP contribution < -0.4 is 5.32 Å². The van der Waals surface area contributed by atoms with Crippen LogP contribution in [0.4, 0.5) is 8.78 Å². The Morgan fingerprint density at radius 1 is 0.950 bits per heavy atom. The first-order chi connectivity index (χ1) is 9.65. The van der Waals surface area contributed by atoms with Crippen molar-refractivity contribution in [3.05, 3.63) is 71.3 Å². The highest BCUT2D eigenvalue weighted by atomic mass is 19.1. The lowest BCUT2D eigenvalue weighted by Crippen LogP contribution is -2.23. The topological polar surface area (TPSA) is 29.1 Å². The number of hydrogen-bond donors (Lipinski definition) is 1. The quantitative estimate of drug-likeness (QED) is 0.836. The van der Waals surface area contributed by atoms with Gasteiger partial charge in [0.2, 0.25) is 0 Å². The minimum absolute atomic E-state index is 0.160. The van der Waals surface area contributed by atoms with Gasteiger partial charge >= 0.3 is 0 Å². The maximum Gasteiger partial charge on any atom is 0.252 e. The second-order valence-electron chi connectivity index (χ2n) is 4.00. The molecule has 1 N–H and O–H groups in total. The lowest BCUT2D eigenvalue weighted by molar-refractivity contribution is 0.0958. The van der Waals surface area contributed by atoms with Gasteiger partial charge in [0, 0.05) is 11.1 Å². The lowest BCUT2D eigenvalue weighted by Gasteiger charge is -2.00. The fourth-order valence-corrected chi connectivity index (χ4v) is 1.51. The van der Waals surface area contributed by atoms with E-state index in [1.807, 2.05) is 0 Å². The highest BCUT2D eigenvalue weighted by Gasteiger charge is 2.03. The number of carbonyl (C=O) groups excluding carboxylic acids is 1. The zero-order valence-corrected chi connectivity index (χ0v) is 10.5. The molecular weight excluding hydrogens is 260 g/mol. The first kappa shape index (κ1) is 13.8. The molecule has 0 aliphatic carbocycles. The predicted molar refractivity (Wildman–Crippen MR) is 72.0 cm³/mol. The maximum atomic E-state index is 12.7. The van der Waals surface area contributed by atoms with Crippen LogP contribution in [0.5, 0.6) is 0 Å². The molecule has 100 valence electrons. The number of nitrogens with one attached hydrogen (secondary N) is 1. The molecule has 2 rings (SSSR count). The van der Waals surface area contributed by atoms with E-state index in [2.05, 4.69) is 17.2 Å². The summed E-state index contributed by atoms with van der Waals surface area (Å²) in [5, 5.41) is 2.59. The minimum Gasteiger partial charge on any atom is -0.341 e. The SMILES string of the molecule is O=C(NCC#Cc1ccc(F)cc1)c1ccc(F)cc1. The number of hydrogen-bond acceptors (Lipinski definition) is 1. The van der Waals surface area contributed by atoms with Gasteiger partial charge in [-0.15, -0.1) is 0 Å². The predicted octanol–water partition coefficient (Wildman–Crippen LogP) is 2.75. The van der Waals surface area contributed by atoms with E-state index in [-0.39, 0.29) is 18.3 Å². The molecule has 20 heavy (non-hydrogen) atoms. The smallest absolute Gasteiger partial charge is 0.252 e. The molecule has 0 bridgehead atoms. The van der Waals surface area contributed by atoms with Crippen molar-refractivity contribution >= 4 is 5.91 Å². The van der Waals surface area contributed by atoms with Gasteiger partial charge in [-0.3, -0.25) is 4.79 Å². The second kappa shape index (κ2) is 6.48. The van der Waals surface area contributed by atoms with Crippen molar-refractivity contribution in [2.24, 2.45) is 0 Å². The molecule has 0 unspecified atom stereocenters. The van der Waals surface area contributed by atoms with E-state index in [9.17, 15) is 13.6 Å². The summed E-state index contributed by atoms with van der Waals surface area (Å²) in [6.07, 6.45) is 0. The average Bonchev–Trinajstić information content (AvgIpc) is 2.46. The van der Waals surface area contributed by atoms with Crippen molar-refractivity contribution in [2.75, 3.05) is 6.54 Å². The molecule has 0 aliphatic heterocycles. The van der Waals surface area contributed by atoms with Crippen LogP contribution in [0.2, 0.25) is 0 Å². The van der Waals surface area contributed by atoms with Crippen LogP contribution in [0.3, 0.4) is 0 Å². The van der Waals surface area contributed by atoms with Crippen molar-refractivity contribution in [1.29, 1.82) is 0 Å². The third-order valence-electron chi connectivity index (χ3n) is 2.52. The lowest BCUT2D eigenvalue weighted by atomic mass is 10.2. The molecule has 0 radical (unpaired) electrons. The van der Waals surface area contributed by atoms with E-state index < -0.39 is 5.82 Å². The molecule has 0 atom stereocenters. The molecule has 0 saturated carbocycles. The molecule has 0 spiro atoms. The summed E-state index contributed by atoms with van der Waals surface area (Å²) >= 11 is 0. The van der Waals surface area contributed by atoms with Crippen LogP contribution in [0.1, 0.15) is 15.9 Å². The fourth-order valence-electron chi connectivity index (χ4n) is 1.51. The van der Waals surface area contributed by atoms with Crippen LogP contribution >= 0.6 is 0 Å². The standard InChI is InChI=1S/C16H11F2NO/c17-14-7-3-12(4-8-14)2-1-11-19-16(20)13-5-9-15(18)10-6-13/h3-10H,11H2,(H,19,20). The van der Waals surface area contributed by atoms with Gasteiger partial charge in [-0.1, -0.05) is 11.8 Å². The van der Waals surface area contributed by atoms with Crippen LogP contribution in [-0.2, 0) is 0 Å². The number of amides is 1. The maximum absolute atomic E-state index is 12.7. The number of benzene rings is 2. The van der Waals surface area contributed by atoms with E-state index in [0.29, 0.717) is 11.1 Å². The van der Waals surface area contributed by atoms with Gasteiger partial charge in [0.25, 0.3) is 5.91 Å². The van der Waals surface area contributed by atoms with E-state index in [0.717, 1.165) is 0 Å². The molecule has 2 nitrogen and oxygen atoms in total. The van der Waals surface area contributed by atoms with Gasteiger partial charge in [0.05, 0.1) is 6.54 Å². The summed E-state index contributed by atoms with van der Waals surface area (Å²) in [7, 11) is 0. The summed E-state index contributed by atoms with van der Waals surface area (Å²) in [5.41, 5.74) is 1.04.